The van der Waals surface area contributed by atoms with Gasteiger partial charge < -0.3 is 10.1 Å². The highest BCUT2D eigenvalue weighted by molar-refractivity contribution is 7.91. The molecule has 0 unspecified atom stereocenters. The molecule has 1 heterocycles. The summed E-state index contributed by atoms with van der Waals surface area (Å²) in [5.74, 6) is -0.461. The van der Waals surface area contributed by atoms with E-state index in [4.69, 9.17) is 5.14 Å². The van der Waals surface area contributed by atoms with Gasteiger partial charge in [0.15, 0.2) is 0 Å². The molecule has 0 aliphatic rings. The van der Waals surface area contributed by atoms with Crippen LogP contribution in [0.1, 0.15) is 44.9 Å². The first-order valence-corrected chi connectivity index (χ1v) is 9.42. The number of rotatable bonds is 10. The second-order valence-corrected chi connectivity index (χ2v) is 7.52. The van der Waals surface area contributed by atoms with Gasteiger partial charge in [-0.2, -0.15) is 0 Å². The Morgan fingerprint density at radius 2 is 1.74 bits per heavy atom. The van der Waals surface area contributed by atoms with Crippen LogP contribution < -0.4 is 10.5 Å². The van der Waals surface area contributed by atoms with Crippen molar-refractivity contribution in [2.75, 3.05) is 12.4 Å². The third-order valence-electron chi connectivity index (χ3n) is 2.91. The van der Waals surface area contributed by atoms with Gasteiger partial charge in [-0.15, -0.1) is 10.2 Å². The number of nitrogens with zero attached hydrogens (tertiary/aromatic N) is 2. The monoisotopic (exact) mass is 364 g/mol. The molecular formula is C12H20N4O5S2. The molecule has 0 radical (unpaired) electrons. The number of nitrogens with one attached hydrogen (secondary N) is 1. The number of nitrogens with two attached hydrogens (primary N) is 1. The third-order valence-corrected chi connectivity index (χ3v) is 5.06. The van der Waals surface area contributed by atoms with E-state index in [9.17, 15) is 18.0 Å². The molecule has 0 aliphatic carbocycles. The van der Waals surface area contributed by atoms with Crippen LogP contribution in [-0.2, 0) is 24.3 Å². The topological polar surface area (TPSA) is 141 Å². The quantitative estimate of drug-likeness (QED) is 0.359. The van der Waals surface area contributed by atoms with Gasteiger partial charge in [-0.05, 0) is 12.8 Å². The Morgan fingerprint density at radius 1 is 1.13 bits per heavy atom. The average molecular weight is 364 g/mol. The molecule has 0 aliphatic heterocycles. The minimum Gasteiger partial charge on any atom is -0.469 e. The van der Waals surface area contributed by atoms with Crippen LogP contribution in [0.4, 0.5) is 5.13 Å². The third kappa shape index (κ3) is 8.00. The van der Waals surface area contributed by atoms with Crippen molar-refractivity contribution < 1.29 is 22.7 Å². The highest BCUT2D eigenvalue weighted by atomic mass is 32.2. The van der Waals surface area contributed by atoms with Gasteiger partial charge in [0.2, 0.25) is 15.4 Å². The second kappa shape index (κ2) is 9.53. The number of primary sulfonamides is 1. The predicted octanol–water partition coefficient (Wildman–Crippen LogP) is 1.03. The molecule has 23 heavy (non-hydrogen) atoms. The van der Waals surface area contributed by atoms with E-state index in [1.807, 2.05) is 0 Å². The Kier molecular flexibility index (Phi) is 8.06. The van der Waals surface area contributed by atoms with E-state index >= 15 is 0 Å². The number of hydrogen-bond acceptors (Lipinski definition) is 8. The van der Waals surface area contributed by atoms with E-state index in [1.54, 1.807) is 0 Å². The molecule has 0 saturated carbocycles. The van der Waals surface area contributed by atoms with Crippen LogP contribution in [-0.4, -0.2) is 37.6 Å². The molecule has 1 aromatic rings. The lowest BCUT2D eigenvalue weighted by Crippen LogP contribution is -2.11. The van der Waals surface area contributed by atoms with Gasteiger partial charge in [-0.25, -0.2) is 13.6 Å². The molecule has 0 atom stereocenters. The smallest absolute Gasteiger partial charge is 0.305 e. The van der Waals surface area contributed by atoms with E-state index in [1.165, 1.54) is 7.11 Å². The minimum absolute atomic E-state index is 0.108. The number of hydrogen-bond donors (Lipinski definition) is 2. The number of anilines is 1. The number of esters is 1. The standard InChI is InChI=1S/C12H20N4O5S2/c1-21-10(18)8-6-4-2-3-5-7-9(17)14-11-15-16-12(22-11)23(13,19)20/h2-8H2,1H3,(H2,13,19,20)(H,14,15,17). The Bertz CT molecular complexity index is 629. The molecule has 0 spiro atoms. The molecule has 3 N–H and O–H groups in total. The molecule has 0 bridgehead atoms. The molecule has 1 amide bonds. The summed E-state index contributed by atoms with van der Waals surface area (Å²) in [6, 6.07) is 0. The van der Waals surface area contributed by atoms with Gasteiger partial charge in [0.1, 0.15) is 0 Å². The number of carbonyl (C=O) groups excluding carboxylic acids is 2. The normalized spacial score (nSPS) is 11.2. The Labute approximate surface area is 138 Å². The fraction of sp³-hybridized carbons (Fsp3) is 0.667. The maximum absolute atomic E-state index is 11.7. The number of unbranched alkanes of at least 4 members (excludes halogenated alkanes) is 4. The lowest BCUT2D eigenvalue weighted by molar-refractivity contribution is -0.140. The van der Waals surface area contributed by atoms with Crippen molar-refractivity contribution in [3.05, 3.63) is 0 Å². The predicted molar refractivity (Wildman–Crippen MR) is 84.2 cm³/mol. The van der Waals surface area contributed by atoms with Crippen LogP contribution in [0, 0.1) is 0 Å². The van der Waals surface area contributed by atoms with Crippen molar-refractivity contribution in [3.8, 4) is 0 Å². The van der Waals surface area contributed by atoms with Gasteiger partial charge in [0, 0.05) is 12.8 Å². The summed E-state index contributed by atoms with van der Waals surface area (Å²) in [5.41, 5.74) is 0. The second-order valence-electron chi connectivity index (χ2n) is 4.81. The number of sulfonamides is 1. The summed E-state index contributed by atoms with van der Waals surface area (Å²) in [5, 5.41) is 14.4. The Morgan fingerprint density at radius 3 is 2.30 bits per heavy atom. The maximum atomic E-state index is 11.7. The van der Waals surface area contributed by atoms with E-state index in [2.05, 4.69) is 20.3 Å². The van der Waals surface area contributed by atoms with Crippen molar-refractivity contribution in [3.63, 3.8) is 0 Å². The van der Waals surface area contributed by atoms with Crippen LogP contribution >= 0.6 is 11.3 Å². The van der Waals surface area contributed by atoms with Crippen molar-refractivity contribution in [2.45, 2.75) is 49.3 Å². The van der Waals surface area contributed by atoms with Crippen LogP contribution in [0.15, 0.2) is 4.34 Å². The lowest BCUT2D eigenvalue weighted by Gasteiger charge is -2.02. The van der Waals surface area contributed by atoms with Crippen molar-refractivity contribution in [1.29, 1.82) is 0 Å². The molecule has 0 saturated heterocycles. The Hall–Kier alpha value is -1.59. The van der Waals surface area contributed by atoms with Gasteiger partial charge in [0.05, 0.1) is 7.11 Å². The van der Waals surface area contributed by atoms with Gasteiger partial charge in [-0.3, -0.25) is 9.59 Å². The zero-order valence-electron chi connectivity index (χ0n) is 12.8. The fourth-order valence-corrected chi connectivity index (χ4v) is 3.09. The molecule has 9 nitrogen and oxygen atoms in total. The van der Waals surface area contributed by atoms with Crippen LogP contribution in [0.3, 0.4) is 0 Å². The molecule has 130 valence electrons. The van der Waals surface area contributed by atoms with E-state index in [0.717, 1.165) is 25.7 Å². The number of aromatic nitrogens is 2. The summed E-state index contributed by atoms with van der Waals surface area (Å²) in [6.07, 6.45) is 4.91. The van der Waals surface area contributed by atoms with E-state index < -0.39 is 10.0 Å². The summed E-state index contributed by atoms with van der Waals surface area (Å²) >= 11 is 0.712. The largest absolute Gasteiger partial charge is 0.469 e. The molecule has 0 fully saturated rings. The first-order chi connectivity index (χ1) is 10.8. The van der Waals surface area contributed by atoms with Crippen LogP contribution in [0.5, 0.6) is 0 Å². The number of carbonyl (C=O) groups is 2. The molecule has 0 aromatic carbocycles. The zero-order chi connectivity index (χ0) is 17.3. The molecule has 1 rings (SSSR count). The summed E-state index contributed by atoms with van der Waals surface area (Å²) < 4.78 is 26.3. The average Bonchev–Trinajstić information content (AvgIpc) is 2.94. The van der Waals surface area contributed by atoms with E-state index in [0.29, 0.717) is 30.6 Å². The van der Waals surface area contributed by atoms with Crippen LogP contribution in [0.25, 0.3) is 0 Å². The van der Waals surface area contributed by atoms with Crippen LogP contribution in [0.2, 0.25) is 0 Å². The number of methoxy groups -OCH3 is 1. The zero-order valence-corrected chi connectivity index (χ0v) is 14.4. The fourth-order valence-electron chi connectivity index (χ4n) is 1.74. The number of amides is 1. The van der Waals surface area contributed by atoms with Gasteiger partial charge in [0.25, 0.3) is 10.0 Å². The summed E-state index contributed by atoms with van der Waals surface area (Å²) in [7, 11) is -2.53. The van der Waals surface area contributed by atoms with Crippen molar-refractivity contribution >= 4 is 38.4 Å². The van der Waals surface area contributed by atoms with Gasteiger partial charge in [-0.1, -0.05) is 30.6 Å². The Balaban J connectivity index is 2.15. The van der Waals surface area contributed by atoms with Gasteiger partial charge >= 0.3 is 5.97 Å². The minimum atomic E-state index is -3.90. The summed E-state index contributed by atoms with van der Waals surface area (Å²) in [4.78, 5) is 22.6. The maximum Gasteiger partial charge on any atom is 0.305 e. The highest BCUT2D eigenvalue weighted by Gasteiger charge is 2.16. The highest BCUT2D eigenvalue weighted by Crippen LogP contribution is 2.18. The van der Waals surface area contributed by atoms with Crippen molar-refractivity contribution in [1.82, 2.24) is 10.2 Å². The SMILES string of the molecule is COC(=O)CCCCCCCC(=O)Nc1nnc(S(N)(=O)=O)s1. The molecular weight excluding hydrogens is 344 g/mol. The lowest BCUT2D eigenvalue weighted by atomic mass is 10.1. The molecule has 1 aromatic heterocycles. The first kappa shape index (κ1) is 19.5. The first-order valence-electron chi connectivity index (χ1n) is 7.06. The summed E-state index contributed by atoms with van der Waals surface area (Å²) in [6.45, 7) is 0. The molecule has 11 heteroatoms. The number of ether oxygens (including phenoxy) is 1. The van der Waals surface area contributed by atoms with E-state index in [-0.39, 0.29) is 21.3 Å². The van der Waals surface area contributed by atoms with Crippen molar-refractivity contribution in [2.24, 2.45) is 5.14 Å².